The SMILES string of the molecule is C=CC(=O)OCc1ccc(N=Cc2ccc(C)s2)cc1. The van der Waals surface area contributed by atoms with Crippen LogP contribution in [-0.4, -0.2) is 12.2 Å². The average molecular weight is 285 g/mol. The van der Waals surface area contributed by atoms with Crippen LogP contribution in [0.3, 0.4) is 0 Å². The molecule has 3 nitrogen and oxygen atoms in total. The van der Waals surface area contributed by atoms with Crippen molar-refractivity contribution in [3.05, 3.63) is 64.4 Å². The Morgan fingerprint density at radius 3 is 2.65 bits per heavy atom. The van der Waals surface area contributed by atoms with Gasteiger partial charge in [0, 0.05) is 22.0 Å². The molecule has 0 spiro atoms. The fraction of sp³-hybridized carbons (Fsp3) is 0.125. The number of thiophene rings is 1. The molecule has 0 unspecified atom stereocenters. The average Bonchev–Trinajstić information content (AvgIpc) is 2.89. The van der Waals surface area contributed by atoms with E-state index in [1.807, 2.05) is 36.5 Å². The lowest BCUT2D eigenvalue weighted by Crippen LogP contribution is -1.99. The number of esters is 1. The molecule has 0 aliphatic rings. The van der Waals surface area contributed by atoms with Crippen molar-refractivity contribution >= 4 is 29.2 Å². The lowest BCUT2D eigenvalue weighted by atomic mass is 10.2. The Balaban J connectivity index is 1.96. The number of rotatable bonds is 5. The van der Waals surface area contributed by atoms with Crippen molar-refractivity contribution < 1.29 is 9.53 Å². The number of nitrogens with zero attached hydrogens (tertiary/aromatic N) is 1. The van der Waals surface area contributed by atoms with Gasteiger partial charge in [0.25, 0.3) is 0 Å². The summed E-state index contributed by atoms with van der Waals surface area (Å²) >= 11 is 1.71. The molecule has 0 aliphatic heterocycles. The smallest absolute Gasteiger partial charge is 0.330 e. The molecule has 20 heavy (non-hydrogen) atoms. The number of hydrogen-bond donors (Lipinski definition) is 0. The van der Waals surface area contributed by atoms with E-state index in [2.05, 4.69) is 24.6 Å². The van der Waals surface area contributed by atoms with Crippen molar-refractivity contribution in [3.8, 4) is 0 Å². The number of hydrogen-bond acceptors (Lipinski definition) is 4. The maximum Gasteiger partial charge on any atom is 0.330 e. The van der Waals surface area contributed by atoms with Gasteiger partial charge in [0.05, 0.1) is 5.69 Å². The Kier molecular flexibility index (Phi) is 4.85. The van der Waals surface area contributed by atoms with Gasteiger partial charge in [-0.15, -0.1) is 11.3 Å². The predicted molar refractivity (Wildman–Crippen MR) is 82.7 cm³/mol. The van der Waals surface area contributed by atoms with Crippen molar-refractivity contribution in [2.75, 3.05) is 0 Å². The Morgan fingerprint density at radius 1 is 1.30 bits per heavy atom. The second-order valence-electron chi connectivity index (χ2n) is 4.18. The molecule has 0 fully saturated rings. The molecule has 0 bridgehead atoms. The normalized spacial score (nSPS) is 10.7. The molecule has 0 atom stereocenters. The minimum atomic E-state index is -0.417. The van der Waals surface area contributed by atoms with Crippen LogP contribution in [0.15, 0.2) is 54.0 Å². The van der Waals surface area contributed by atoms with Gasteiger partial charge < -0.3 is 4.74 Å². The predicted octanol–water partition coefficient (Wildman–Crippen LogP) is 4.04. The Labute approximate surface area is 122 Å². The fourth-order valence-electron chi connectivity index (χ4n) is 1.55. The molecule has 0 saturated carbocycles. The molecule has 0 aliphatic carbocycles. The monoisotopic (exact) mass is 285 g/mol. The zero-order valence-corrected chi connectivity index (χ0v) is 12.0. The third-order valence-electron chi connectivity index (χ3n) is 2.59. The number of carbonyl (C=O) groups is 1. The van der Waals surface area contributed by atoms with Crippen LogP contribution in [0.25, 0.3) is 0 Å². The van der Waals surface area contributed by atoms with E-state index in [0.29, 0.717) is 0 Å². The zero-order valence-electron chi connectivity index (χ0n) is 11.2. The molecular formula is C16H15NO2S. The van der Waals surface area contributed by atoms with Gasteiger partial charge in [-0.1, -0.05) is 18.7 Å². The van der Waals surface area contributed by atoms with E-state index in [1.54, 1.807) is 11.3 Å². The molecule has 0 saturated heterocycles. The van der Waals surface area contributed by atoms with E-state index in [9.17, 15) is 4.79 Å². The molecule has 1 aromatic carbocycles. The van der Waals surface area contributed by atoms with E-state index >= 15 is 0 Å². The van der Waals surface area contributed by atoms with Crippen molar-refractivity contribution in [2.45, 2.75) is 13.5 Å². The quantitative estimate of drug-likeness (QED) is 0.472. The second-order valence-corrected chi connectivity index (χ2v) is 5.50. The fourth-order valence-corrected chi connectivity index (χ4v) is 2.30. The van der Waals surface area contributed by atoms with Gasteiger partial charge >= 0.3 is 5.97 Å². The first-order valence-corrected chi connectivity index (χ1v) is 6.97. The minimum absolute atomic E-state index is 0.249. The van der Waals surface area contributed by atoms with E-state index < -0.39 is 5.97 Å². The molecule has 2 aromatic rings. The lowest BCUT2D eigenvalue weighted by molar-refractivity contribution is -0.138. The molecule has 1 aromatic heterocycles. The van der Waals surface area contributed by atoms with Crippen LogP contribution in [0, 0.1) is 6.92 Å². The third-order valence-corrected chi connectivity index (χ3v) is 3.52. The minimum Gasteiger partial charge on any atom is -0.458 e. The molecular weight excluding hydrogens is 270 g/mol. The molecule has 2 rings (SSSR count). The second kappa shape index (κ2) is 6.82. The highest BCUT2D eigenvalue weighted by Gasteiger charge is 1.98. The van der Waals surface area contributed by atoms with Gasteiger partial charge in [-0.25, -0.2) is 4.79 Å². The van der Waals surface area contributed by atoms with Gasteiger partial charge in [-0.2, -0.15) is 0 Å². The maximum absolute atomic E-state index is 11.0. The summed E-state index contributed by atoms with van der Waals surface area (Å²) in [6.07, 6.45) is 3.01. The summed E-state index contributed by atoms with van der Waals surface area (Å²) in [5, 5.41) is 0. The number of benzene rings is 1. The number of aryl methyl sites for hydroxylation is 1. The van der Waals surface area contributed by atoms with Crippen molar-refractivity contribution in [1.82, 2.24) is 0 Å². The highest BCUT2D eigenvalue weighted by atomic mass is 32.1. The highest BCUT2D eigenvalue weighted by Crippen LogP contribution is 2.16. The topological polar surface area (TPSA) is 38.7 Å². The first-order valence-electron chi connectivity index (χ1n) is 6.16. The van der Waals surface area contributed by atoms with Crippen molar-refractivity contribution in [2.24, 2.45) is 4.99 Å². The van der Waals surface area contributed by atoms with E-state index in [4.69, 9.17) is 4.74 Å². The van der Waals surface area contributed by atoms with E-state index in [0.717, 1.165) is 22.2 Å². The summed E-state index contributed by atoms with van der Waals surface area (Å²) in [5.41, 5.74) is 1.79. The van der Waals surface area contributed by atoms with Gasteiger partial charge in [0.2, 0.25) is 0 Å². The third kappa shape index (κ3) is 4.17. The summed E-state index contributed by atoms with van der Waals surface area (Å²) in [6, 6.07) is 11.7. The maximum atomic E-state index is 11.0. The standard InChI is InChI=1S/C16H15NO2S/c1-3-16(18)19-11-13-5-7-14(8-6-13)17-10-15-9-4-12(2)20-15/h3-10H,1,11H2,2H3. The largest absolute Gasteiger partial charge is 0.458 e. The molecule has 0 amide bonds. The number of carbonyl (C=O) groups excluding carboxylic acids is 1. The summed E-state index contributed by atoms with van der Waals surface area (Å²) in [5.74, 6) is -0.417. The lowest BCUT2D eigenvalue weighted by Gasteiger charge is -2.02. The Morgan fingerprint density at radius 2 is 2.05 bits per heavy atom. The Hall–Kier alpha value is -2.20. The zero-order chi connectivity index (χ0) is 14.4. The molecule has 4 heteroatoms. The summed E-state index contributed by atoms with van der Waals surface area (Å²) < 4.78 is 4.96. The van der Waals surface area contributed by atoms with E-state index in [-0.39, 0.29) is 6.61 Å². The number of aliphatic imine (C=N–C) groups is 1. The van der Waals surface area contributed by atoms with Crippen molar-refractivity contribution in [1.29, 1.82) is 0 Å². The molecule has 0 N–H and O–H groups in total. The molecule has 1 heterocycles. The van der Waals surface area contributed by atoms with Gasteiger partial charge in [0.15, 0.2) is 0 Å². The Bertz CT molecular complexity index is 626. The van der Waals surface area contributed by atoms with Gasteiger partial charge in [-0.3, -0.25) is 4.99 Å². The van der Waals surface area contributed by atoms with Gasteiger partial charge in [-0.05, 0) is 36.8 Å². The highest BCUT2D eigenvalue weighted by molar-refractivity contribution is 7.13. The van der Waals surface area contributed by atoms with E-state index in [1.165, 1.54) is 4.88 Å². The first kappa shape index (κ1) is 14.2. The van der Waals surface area contributed by atoms with Crippen molar-refractivity contribution in [3.63, 3.8) is 0 Å². The van der Waals surface area contributed by atoms with Crippen LogP contribution in [-0.2, 0) is 16.1 Å². The van der Waals surface area contributed by atoms with Crippen LogP contribution in [0.5, 0.6) is 0 Å². The summed E-state index contributed by atoms with van der Waals surface area (Å²) in [7, 11) is 0. The van der Waals surface area contributed by atoms with Crippen LogP contribution >= 0.6 is 11.3 Å². The van der Waals surface area contributed by atoms with Crippen LogP contribution in [0.4, 0.5) is 5.69 Å². The van der Waals surface area contributed by atoms with Crippen LogP contribution < -0.4 is 0 Å². The van der Waals surface area contributed by atoms with Crippen LogP contribution in [0.1, 0.15) is 15.3 Å². The molecule has 0 radical (unpaired) electrons. The number of ether oxygens (including phenoxy) is 1. The first-order chi connectivity index (χ1) is 9.67. The van der Waals surface area contributed by atoms with Gasteiger partial charge in [0.1, 0.15) is 6.61 Å². The molecule has 102 valence electrons. The summed E-state index contributed by atoms with van der Waals surface area (Å²) in [4.78, 5) is 17.8. The van der Waals surface area contributed by atoms with Crippen LogP contribution in [0.2, 0.25) is 0 Å². The summed E-state index contributed by atoms with van der Waals surface area (Å²) in [6.45, 7) is 5.67.